The lowest BCUT2D eigenvalue weighted by Gasteiger charge is -2.19. The number of rotatable bonds is 5. The second-order valence-corrected chi connectivity index (χ2v) is 7.17. The maximum absolute atomic E-state index is 14.0. The summed E-state index contributed by atoms with van der Waals surface area (Å²) in [5.74, 6) is 0.626. The molecule has 1 aliphatic heterocycles. The van der Waals surface area contributed by atoms with Crippen molar-refractivity contribution in [2.24, 2.45) is 5.92 Å². The van der Waals surface area contributed by atoms with Crippen LogP contribution in [0.4, 0.5) is 15.8 Å². The van der Waals surface area contributed by atoms with E-state index in [1.165, 1.54) is 6.07 Å². The number of aromatic nitrogens is 4. The molecule has 1 saturated heterocycles. The van der Waals surface area contributed by atoms with E-state index < -0.39 is 0 Å². The Morgan fingerprint density at radius 3 is 2.96 bits per heavy atom. The summed E-state index contributed by atoms with van der Waals surface area (Å²) in [7, 11) is 0. The molecule has 0 saturated carbocycles. The van der Waals surface area contributed by atoms with E-state index in [1.54, 1.807) is 16.9 Å². The smallest absolute Gasteiger partial charge is 0.200 e. The first-order valence-electron chi connectivity index (χ1n) is 9.06. The Morgan fingerprint density at radius 2 is 2.15 bits per heavy atom. The van der Waals surface area contributed by atoms with Crippen LogP contribution in [0.5, 0.6) is 0 Å². The third-order valence-electron chi connectivity index (χ3n) is 4.94. The molecule has 1 atom stereocenters. The largest absolute Gasteiger partial charge is 0.382 e. The van der Waals surface area contributed by atoms with E-state index in [0.717, 1.165) is 43.1 Å². The van der Waals surface area contributed by atoms with Crippen molar-refractivity contribution >= 4 is 17.0 Å². The van der Waals surface area contributed by atoms with Gasteiger partial charge in [0.2, 0.25) is 5.65 Å². The molecule has 0 radical (unpaired) electrons. The highest BCUT2D eigenvalue weighted by molar-refractivity contribution is 5.66. The van der Waals surface area contributed by atoms with Gasteiger partial charge in [-0.05, 0) is 36.5 Å². The molecule has 0 spiro atoms. The maximum atomic E-state index is 14.0. The van der Waals surface area contributed by atoms with Gasteiger partial charge in [0.15, 0.2) is 0 Å². The molecule has 3 heterocycles. The van der Waals surface area contributed by atoms with Crippen LogP contribution in [0, 0.1) is 11.7 Å². The molecular formula is C19H23FN6. The van der Waals surface area contributed by atoms with Crippen LogP contribution in [0.25, 0.3) is 5.65 Å². The van der Waals surface area contributed by atoms with E-state index >= 15 is 0 Å². The van der Waals surface area contributed by atoms with E-state index in [9.17, 15) is 4.39 Å². The summed E-state index contributed by atoms with van der Waals surface area (Å²) in [5.41, 5.74) is 3.38. The first-order valence-corrected chi connectivity index (χ1v) is 9.06. The number of halogens is 1. The molecule has 6 nitrogen and oxygen atoms in total. The van der Waals surface area contributed by atoms with Gasteiger partial charge in [-0.1, -0.05) is 26.0 Å². The lowest BCUT2D eigenvalue weighted by molar-refractivity contribution is 0.610. The lowest BCUT2D eigenvalue weighted by atomic mass is 10.1. The standard InChI is InChI=1S/C19H23FN6/c1-13(2)16-9-17(19-23-22-12-26(19)24-16)21-10-14-7-8-25(11-14)18-6-4-3-5-15(18)20/h3-6,9,12-14,21H,7-8,10-11H2,1-2H3. The van der Waals surface area contributed by atoms with Gasteiger partial charge >= 0.3 is 0 Å². The van der Waals surface area contributed by atoms with Crippen LogP contribution in [0.1, 0.15) is 31.9 Å². The van der Waals surface area contributed by atoms with E-state index in [4.69, 9.17) is 0 Å². The molecule has 3 aromatic rings. The van der Waals surface area contributed by atoms with Crippen LogP contribution in [0.2, 0.25) is 0 Å². The van der Waals surface area contributed by atoms with Gasteiger partial charge < -0.3 is 10.2 Å². The Kier molecular flexibility index (Phi) is 4.44. The fourth-order valence-corrected chi connectivity index (χ4v) is 3.44. The molecule has 2 aromatic heterocycles. The highest BCUT2D eigenvalue weighted by atomic mass is 19.1. The molecule has 4 rings (SSSR count). The van der Waals surface area contributed by atoms with E-state index in [1.807, 2.05) is 12.1 Å². The van der Waals surface area contributed by atoms with Crippen molar-refractivity contribution in [2.75, 3.05) is 29.9 Å². The Hall–Kier alpha value is -2.70. The Labute approximate surface area is 152 Å². The Balaban J connectivity index is 1.46. The van der Waals surface area contributed by atoms with Crippen LogP contribution in [0.15, 0.2) is 36.7 Å². The van der Waals surface area contributed by atoms with Crippen molar-refractivity contribution in [1.29, 1.82) is 0 Å². The third kappa shape index (κ3) is 3.21. The number of nitrogens with zero attached hydrogens (tertiary/aromatic N) is 5. The number of para-hydroxylation sites is 1. The molecule has 1 unspecified atom stereocenters. The summed E-state index contributed by atoms with van der Waals surface area (Å²) < 4.78 is 15.7. The molecule has 1 aromatic carbocycles. The van der Waals surface area contributed by atoms with Crippen LogP contribution in [-0.2, 0) is 0 Å². The van der Waals surface area contributed by atoms with Gasteiger partial charge in [-0.15, -0.1) is 10.2 Å². The van der Waals surface area contributed by atoms with Crippen LogP contribution >= 0.6 is 0 Å². The second kappa shape index (κ2) is 6.90. The van der Waals surface area contributed by atoms with Gasteiger partial charge in [0, 0.05) is 19.6 Å². The minimum absolute atomic E-state index is 0.151. The zero-order chi connectivity index (χ0) is 18.1. The minimum atomic E-state index is -0.151. The fourth-order valence-electron chi connectivity index (χ4n) is 3.44. The number of fused-ring (bicyclic) bond motifs is 1. The first kappa shape index (κ1) is 16.8. The third-order valence-corrected chi connectivity index (χ3v) is 4.94. The Morgan fingerprint density at radius 1 is 1.31 bits per heavy atom. The molecule has 0 aliphatic carbocycles. The monoisotopic (exact) mass is 354 g/mol. The van der Waals surface area contributed by atoms with Crippen molar-refractivity contribution in [3.05, 3.63) is 48.2 Å². The summed E-state index contributed by atoms with van der Waals surface area (Å²) >= 11 is 0. The maximum Gasteiger partial charge on any atom is 0.200 e. The molecular weight excluding hydrogens is 331 g/mol. The van der Waals surface area contributed by atoms with Crippen molar-refractivity contribution < 1.29 is 4.39 Å². The summed E-state index contributed by atoms with van der Waals surface area (Å²) in [6.45, 7) is 6.77. The van der Waals surface area contributed by atoms with E-state index in [0.29, 0.717) is 17.5 Å². The predicted molar refractivity (Wildman–Crippen MR) is 100 cm³/mol. The van der Waals surface area contributed by atoms with E-state index in [2.05, 4.69) is 45.4 Å². The number of hydrogen-bond donors (Lipinski definition) is 1. The van der Waals surface area contributed by atoms with Crippen LogP contribution in [0.3, 0.4) is 0 Å². The van der Waals surface area contributed by atoms with Crippen molar-refractivity contribution in [3.63, 3.8) is 0 Å². The first-order chi connectivity index (χ1) is 12.6. The number of nitrogens with one attached hydrogen (secondary N) is 1. The summed E-state index contributed by atoms with van der Waals surface area (Å²) in [5, 5.41) is 16.2. The van der Waals surface area contributed by atoms with Gasteiger partial charge in [0.1, 0.15) is 12.1 Å². The van der Waals surface area contributed by atoms with Crippen molar-refractivity contribution in [2.45, 2.75) is 26.2 Å². The molecule has 1 aliphatic rings. The van der Waals surface area contributed by atoms with Crippen LogP contribution in [-0.4, -0.2) is 39.4 Å². The summed E-state index contributed by atoms with van der Waals surface area (Å²) in [4.78, 5) is 2.13. The molecule has 1 N–H and O–H groups in total. The van der Waals surface area contributed by atoms with Gasteiger partial charge in [0.05, 0.1) is 17.1 Å². The molecule has 7 heteroatoms. The van der Waals surface area contributed by atoms with Gasteiger partial charge in [-0.3, -0.25) is 0 Å². The van der Waals surface area contributed by atoms with Crippen molar-refractivity contribution in [3.8, 4) is 0 Å². The fraction of sp³-hybridized carbons (Fsp3) is 0.421. The summed E-state index contributed by atoms with van der Waals surface area (Å²) in [6, 6.07) is 9.04. The number of benzene rings is 1. The van der Waals surface area contributed by atoms with Gasteiger partial charge in [-0.2, -0.15) is 9.61 Å². The lowest BCUT2D eigenvalue weighted by Crippen LogP contribution is -2.23. The van der Waals surface area contributed by atoms with Gasteiger partial charge in [-0.25, -0.2) is 4.39 Å². The zero-order valence-corrected chi connectivity index (χ0v) is 15.1. The second-order valence-electron chi connectivity index (χ2n) is 7.17. The number of anilines is 2. The quantitative estimate of drug-likeness (QED) is 0.762. The zero-order valence-electron chi connectivity index (χ0n) is 15.1. The average molecular weight is 354 g/mol. The van der Waals surface area contributed by atoms with Gasteiger partial charge in [0.25, 0.3) is 0 Å². The highest BCUT2D eigenvalue weighted by Gasteiger charge is 2.24. The minimum Gasteiger partial charge on any atom is -0.382 e. The molecule has 0 bridgehead atoms. The van der Waals surface area contributed by atoms with Crippen molar-refractivity contribution in [1.82, 2.24) is 19.8 Å². The average Bonchev–Trinajstić information content (AvgIpc) is 3.29. The van der Waals surface area contributed by atoms with E-state index in [-0.39, 0.29) is 5.82 Å². The molecule has 26 heavy (non-hydrogen) atoms. The number of hydrogen-bond acceptors (Lipinski definition) is 5. The molecule has 1 fully saturated rings. The summed E-state index contributed by atoms with van der Waals surface area (Å²) in [6.07, 6.45) is 2.66. The predicted octanol–water partition coefficient (Wildman–Crippen LogP) is 3.33. The topological polar surface area (TPSA) is 58.3 Å². The molecule has 0 amide bonds. The normalized spacial score (nSPS) is 17.4. The Bertz CT molecular complexity index is 906. The SMILES string of the molecule is CC(C)c1cc(NCC2CCN(c3ccccc3F)C2)c2nncn2n1. The van der Waals surface area contributed by atoms with Crippen LogP contribution < -0.4 is 10.2 Å². The highest BCUT2D eigenvalue weighted by Crippen LogP contribution is 2.27. The molecule has 136 valence electrons.